The molecule has 0 amide bonds. The van der Waals surface area contributed by atoms with Gasteiger partial charge in [0.1, 0.15) is 11.9 Å². The van der Waals surface area contributed by atoms with Gasteiger partial charge in [0.05, 0.1) is 12.1 Å². The summed E-state index contributed by atoms with van der Waals surface area (Å²) >= 11 is 5.89. The first-order valence-corrected chi connectivity index (χ1v) is 4.71. The fraction of sp³-hybridized carbons (Fsp3) is 0.222. The summed E-state index contributed by atoms with van der Waals surface area (Å²) in [6, 6.07) is 5.39. The summed E-state index contributed by atoms with van der Waals surface area (Å²) in [4.78, 5) is 0. The topological polar surface area (TPSA) is 59.9 Å². The van der Waals surface area contributed by atoms with Crippen molar-refractivity contribution in [1.29, 1.82) is 5.26 Å². The Hall–Kier alpha value is -1.19. The predicted molar refractivity (Wildman–Crippen MR) is 53.0 cm³/mol. The second-order valence-electron chi connectivity index (χ2n) is 3.13. The van der Waals surface area contributed by atoms with Crippen molar-refractivity contribution in [1.82, 2.24) is 16.4 Å². The third kappa shape index (κ3) is 1.80. The van der Waals surface area contributed by atoms with E-state index in [9.17, 15) is 4.39 Å². The molecule has 4 nitrogen and oxygen atoms in total. The van der Waals surface area contributed by atoms with Crippen LogP contribution in [0.5, 0.6) is 0 Å². The molecule has 1 aliphatic rings. The molecule has 1 fully saturated rings. The van der Waals surface area contributed by atoms with Crippen LogP contribution in [-0.4, -0.2) is 6.04 Å². The lowest BCUT2D eigenvalue weighted by molar-refractivity contribution is 0.526. The minimum absolute atomic E-state index is 0.295. The van der Waals surface area contributed by atoms with Gasteiger partial charge in [-0.05, 0) is 12.1 Å². The Morgan fingerprint density at radius 3 is 2.87 bits per heavy atom. The zero-order valence-corrected chi connectivity index (χ0v) is 8.35. The van der Waals surface area contributed by atoms with Gasteiger partial charge in [-0.1, -0.05) is 17.7 Å². The molecule has 0 spiro atoms. The number of halogens is 2. The van der Waals surface area contributed by atoms with E-state index in [4.69, 9.17) is 16.9 Å². The molecule has 1 heterocycles. The zero-order valence-electron chi connectivity index (χ0n) is 7.59. The van der Waals surface area contributed by atoms with Gasteiger partial charge in [-0.15, -0.1) is 0 Å². The molecule has 0 radical (unpaired) electrons. The van der Waals surface area contributed by atoms with Gasteiger partial charge in [0.25, 0.3) is 0 Å². The molecule has 6 heteroatoms. The quantitative estimate of drug-likeness (QED) is 0.669. The maximum Gasteiger partial charge on any atom is 0.130 e. The van der Waals surface area contributed by atoms with Crippen LogP contribution in [0.25, 0.3) is 0 Å². The molecule has 1 saturated heterocycles. The van der Waals surface area contributed by atoms with E-state index < -0.39 is 17.9 Å². The summed E-state index contributed by atoms with van der Waals surface area (Å²) in [6.45, 7) is 0. The highest BCUT2D eigenvalue weighted by Gasteiger charge is 2.31. The Bertz CT molecular complexity index is 397. The molecule has 0 bridgehead atoms. The van der Waals surface area contributed by atoms with Crippen molar-refractivity contribution in [3.05, 3.63) is 34.6 Å². The summed E-state index contributed by atoms with van der Waals surface area (Å²) in [6.07, 6.45) is 0. The lowest BCUT2D eigenvalue weighted by atomic mass is 10.0. The fourth-order valence-corrected chi connectivity index (χ4v) is 1.80. The van der Waals surface area contributed by atoms with Crippen LogP contribution in [0.15, 0.2) is 18.2 Å². The monoisotopic (exact) mass is 226 g/mol. The lowest BCUT2D eigenvalue weighted by Gasteiger charge is -2.14. The van der Waals surface area contributed by atoms with Crippen molar-refractivity contribution < 1.29 is 4.39 Å². The van der Waals surface area contributed by atoms with Crippen molar-refractivity contribution in [3.8, 4) is 6.07 Å². The van der Waals surface area contributed by atoms with Crippen LogP contribution in [0.2, 0.25) is 5.02 Å². The predicted octanol–water partition coefficient (Wildman–Crippen LogP) is 1.02. The highest BCUT2D eigenvalue weighted by atomic mass is 35.5. The van der Waals surface area contributed by atoms with Crippen LogP contribution >= 0.6 is 11.6 Å². The van der Waals surface area contributed by atoms with E-state index in [0.29, 0.717) is 10.6 Å². The van der Waals surface area contributed by atoms with E-state index in [2.05, 4.69) is 16.4 Å². The molecule has 78 valence electrons. The van der Waals surface area contributed by atoms with E-state index in [1.165, 1.54) is 12.1 Å². The summed E-state index contributed by atoms with van der Waals surface area (Å²) < 4.78 is 13.5. The summed E-state index contributed by atoms with van der Waals surface area (Å²) in [5, 5.41) is 9.13. The van der Waals surface area contributed by atoms with Crippen LogP contribution in [0.1, 0.15) is 11.6 Å². The molecular weight excluding hydrogens is 219 g/mol. The molecular formula is C9H8ClFN4. The van der Waals surface area contributed by atoms with E-state index in [1.807, 2.05) is 6.07 Å². The molecule has 0 aliphatic carbocycles. The first-order chi connectivity index (χ1) is 7.24. The van der Waals surface area contributed by atoms with E-state index in [1.54, 1.807) is 6.07 Å². The lowest BCUT2D eigenvalue weighted by Crippen LogP contribution is -2.32. The minimum atomic E-state index is -0.556. The summed E-state index contributed by atoms with van der Waals surface area (Å²) in [5.74, 6) is -0.425. The van der Waals surface area contributed by atoms with Crippen LogP contribution in [0, 0.1) is 17.1 Å². The van der Waals surface area contributed by atoms with Gasteiger partial charge in [0.2, 0.25) is 0 Å². The maximum absolute atomic E-state index is 13.5. The minimum Gasteiger partial charge on any atom is -0.234 e. The standard InChI is InChI=1S/C9H8ClFN4/c10-5-2-1-3-6(11)8(5)9-7(4-12)13-15-14-9/h1-3,7,9,13-15H. The van der Waals surface area contributed by atoms with Crippen LogP contribution < -0.4 is 16.4 Å². The molecule has 2 rings (SSSR count). The average Bonchev–Trinajstić information content (AvgIpc) is 2.65. The van der Waals surface area contributed by atoms with Gasteiger partial charge >= 0.3 is 0 Å². The van der Waals surface area contributed by atoms with Gasteiger partial charge in [0, 0.05) is 10.6 Å². The van der Waals surface area contributed by atoms with Gasteiger partial charge in [0.15, 0.2) is 0 Å². The first kappa shape index (κ1) is 10.3. The molecule has 0 saturated carbocycles. The Labute approximate surface area is 91.0 Å². The normalized spacial score (nSPS) is 25.1. The third-order valence-corrected chi connectivity index (χ3v) is 2.57. The number of hydrazine groups is 2. The number of hydrogen-bond acceptors (Lipinski definition) is 4. The maximum atomic E-state index is 13.5. The number of benzene rings is 1. The van der Waals surface area contributed by atoms with Crippen molar-refractivity contribution in [2.45, 2.75) is 12.1 Å². The molecule has 3 N–H and O–H groups in total. The second-order valence-corrected chi connectivity index (χ2v) is 3.54. The Morgan fingerprint density at radius 1 is 1.40 bits per heavy atom. The smallest absolute Gasteiger partial charge is 0.130 e. The zero-order chi connectivity index (χ0) is 10.8. The number of rotatable bonds is 1. The average molecular weight is 227 g/mol. The van der Waals surface area contributed by atoms with E-state index >= 15 is 0 Å². The molecule has 2 atom stereocenters. The highest BCUT2D eigenvalue weighted by molar-refractivity contribution is 6.31. The molecule has 1 aliphatic heterocycles. The number of hydrogen-bond donors (Lipinski definition) is 3. The van der Waals surface area contributed by atoms with Gasteiger partial charge in [-0.2, -0.15) is 10.8 Å². The second kappa shape index (κ2) is 4.13. The first-order valence-electron chi connectivity index (χ1n) is 4.33. The third-order valence-electron chi connectivity index (χ3n) is 2.24. The van der Waals surface area contributed by atoms with Gasteiger partial charge in [-0.3, -0.25) is 0 Å². The van der Waals surface area contributed by atoms with E-state index in [-0.39, 0.29) is 0 Å². The Morgan fingerprint density at radius 2 is 2.20 bits per heavy atom. The van der Waals surface area contributed by atoms with Gasteiger partial charge < -0.3 is 0 Å². The van der Waals surface area contributed by atoms with Crippen molar-refractivity contribution in [2.75, 3.05) is 0 Å². The summed E-state index contributed by atoms with van der Waals surface area (Å²) in [7, 11) is 0. The number of nitrogens with zero attached hydrogens (tertiary/aromatic N) is 1. The molecule has 1 aromatic rings. The van der Waals surface area contributed by atoms with Crippen LogP contribution in [0.4, 0.5) is 4.39 Å². The van der Waals surface area contributed by atoms with Crippen LogP contribution in [0.3, 0.4) is 0 Å². The Balaban J connectivity index is 2.41. The molecule has 0 aromatic heterocycles. The van der Waals surface area contributed by atoms with E-state index in [0.717, 1.165) is 0 Å². The van der Waals surface area contributed by atoms with Crippen molar-refractivity contribution in [3.63, 3.8) is 0 Å². The van der Waals surface area contributed by atoms with Crippen molar-refractivity contribution >= 4 is 11.6 Å². The molecule has 2 unspecified atom stereocenters. The summed E-state index contributed by atoms with van der Waals surface area (Å²) in [5.41, 5.74) is 8.28. The SMILES string of the molecule is N#CC1NNNC1c1c(F)cccc1Cl. The number of nitriles is 1. The van der Waals surface area contributed by atoms with Crippen molar-refractivity contribution in [2.24, 2.45) is 0 Å². The van der Waals surface area contributed by atoms with Crippen LogP contribution in [-0.2, 0) is 0 Å². The number of nitrogens with one attached hydrogen (secondary N) is 3. The highest BCUT2D eigenvalue weighted by Crippen LogP contribution is 2.28. The molecule has 1 aromatic carbocycles. The fourth-order valence-electron chi connectivity index (χ4n) is 1.52. The largest absolute Gasteiger partial charge is 0.234 e. The molecule has 15 heavy (non-hydrogen) atoms. The Kier molecular flexibility index (Phi) is 2.84. The van der Waals surface area contributed by atoms with Gasteiger partial charge in [-0.25, -0.2) is 15.2 Å².